The predicted octanol–water partition coefficient (Wildman–Crippen LogP) is 9.08. The average molecular weight is 832 g/mol. The minimum Gasteiger partial charge on any atom is -0.359 e. The summed E-state index contributed by atoms with van der Waals surface area (Å²) in [6.07, 6.45) is 13.0. The van der Waals surface area contributed by atoms with E-state index in [0.29, 0.717) is 0 Å². The van der Waals surface area contributed by atoms with Crippen molar-refractivity contribution >= 4 is 53.5 Å². The molecule has 1 nitrogen and oxygen atoms in total. The topological polar surface area (TPSA) is 12.0 Å². The van der Waals surface area contributed by atoms with Gasteiger partial charge in [-0.05, 0) is 74.3 Å². The minimum absolute atomic E-state index is 0. The van der Waals surface area contributed by atoms with Crippen molar-refractivity contribution in [2.45, 2.75) is 64.7 Å². The molecular formula is C38H51IrNP2Si2. The van der Waals surface area contributed by atoms with E-state index < -0.39 is 16.5 Å². The molecule has 3 radical (unpaired) electrons. The Morgan fingerprint density at radius 3 is 1.00 bits per heavy atom. The summed E-state index contributed by atoms with van der Waals surface area (Å²) in [5.41, 5.74) is 0. The van der Waals surface area contributed by atoms with Gasteiger partial charge in [-0.25, -0.2) is 0 Å². The molecule has 235 valence electrons. The quantitative estimate of drug-likeness (QED) is 0.124. The summed E-state index contributed by atoms with van der Waals surface area (Å²) in [7, 11) is -4.12. The molecule has 0 heterocycles. The first-order valence-corrected chi connectivity index (χ1v) is 25.5. The Morgan fingerprint density at radius 2 is 0.727 bits per heavy atom. The zero-order valence-electron chi connectivity index (χ0n) is 27.1. The second-order valence-corrected chi connectivity index (χ2v) is 27.7. The third-order valence-corrected chi connectivity index (χ3v) is 25.7. The second-order valence-electron chi connectivity index (χ2n) is 12.9. The van der Waals surface area contributed by atoms with E-state index >= 15 is 0 Å². The molecule has 0 spiro atoms. The zero-order valence-corrected chi connectivity index (χ0v) is 33.3. The SMILES string of the molecule is C[Si](C)(CP(c1ccccc1)c1ccccc1)N[Si](C)(C)CP(c1ccccc1)c1ccccc1.[CH]1[CH]CCCCCC1.[Ir]. The smallest absolute Gasteiger partial charge is 0.117 e. The van der Waals surface area contributed by atoms with Crippen molar-refractivity contribution in [1.29, 1.82) is 0 Å². The summed E-state index contributed by atoms with van der Waals surface area (Å²) in [6.45, 7) is 10.2. The molecule has 4 aromatic carbocycles. The van der Waals surface area contributed by atoms with Crippen LogP contribution >= 0.6 is 15.8 Å². The maximum atomic E-state index is 4.38. The van der Waals surface area contributed by atoms with E-state index in [9.17, 15) is 0 Å². The Hall–Kier alpha value is -1.22. The normalized spacial score (nSPS) is 14.1. The Kier molecular flexibility index (Phi) is 16.5. The monoisotopic (exact) mass is 832 g/mol. The van der Waals surface area contributed by atoms with Crippen LogP contribution in [0.15, 0.2) is 121 Å². The van der Waals surface area contributed by atoms with Crippen molar-refractivity contribution in [1.82, 2.24) is 4.65 Å². The molecule has 1 aliphatic rings. The van der Waals surface area contributed by atoms with Gasteiger partial charge in [0.05, 0.1) is 0 Å². The Balaban J connectivity index is 0.000000511. The van der Waals surface area contributed by atoms with Gasteiger partial charge in [-0.15, -0.1) is 0 Å². The van der Waals surface area contributed by atoms with E-state index in [2.05, 4.69) is 165 Å². The van der Waals surface area contributed by atoms with Crippen LogP contribution in [0.4, 0.5) is 0 Å². The molecule has 6 heteroatoms. The zero-order chi connectivity index (χ0) is 30.4. The molecule has 1 N–H and O–H groups in total. The summed E-state index contributed by atoms with van der Waals surface area (Å²) >= 11 is 0. The molecule has 1 fully saturated rings. The van der Waals surface area contributed by atoms with Gasteiger partial charge in [0.2, 0.25) is 0 Å². The van der Waals surface area contributed by atoms with E-state index in [1.165, 1.54) is 71.3 Å². The first-order valence-electron chi connectivity index (χ1n) is 16.0. The second kappa shape index (κ2) is 19.4. The fourth-order valence-electron chi connectivity index (χ4n) is 5.99. The van der Waals surface area contributed by atoms with Crippen LogP contribution in [0.3, 0.4) is 0 Å². The minimum atomic E-state index is -1.69. The molecule has 0 amide bonds. The molecule has 0 unspecified atom stereocenters. The van der Waals surface area contributed by atoms with Gasteiger partial charge in [0, 0.05) is 20.1 Å². The number of benzene rings is 4. The van der Waals surface area contributed by atoms with Crippen LogP contribution in [0.2, 0.25) is 26.2 Å². The van der Waals surface area contributed by atoms with E-state index in [0.717, 1.165) is 0 Å². The van der Waals surface area contributed by atoms with Gasteiger partial charge in [0.15, 0.2) is 0 Å². The first kappa shape index (κ1) is 37.2. The molecule has 0 bridgehead atoms. The van der Waals surface area contributed by atoms with Gasteiger partial charge in [0.25, 0.3) is 0 Å². The average Bonchev–Trinajstić information content (AvgIpc) is 3.00. The molecule has 0 aliphatic heterocycles. The van der Waals surface area contributed by atoms with Crippen molar-refractivity contribution in [2.24, 2.45) is 0 Å². The summed E-state index contributed by atoms with van der Waals surface area (Å²) in [5.74, 6) is 2.53. The molecule has 0 aromatic heterocycles. The van der Waals surface area contributed by atoms with Gasteiger partial charge in [-0.1, -0.05) is 173 Å². The number of hydrogen-bond acceptors (Lipinski definition) is 1. The van der Waals surface area contributed by atoms with Gasteiger partial charge in [0.1, 0.15) is 16.5 Å². The number of rotatable bonds is 10. The summed E-state index contributed by atoms with van der Waals surface area (Å²) in [5, 5.41) is 5.97. The van der Waals surface area contributed by atoms with Gasteiger partial charge >= 0.3 is 0 Å². The van der Waals surface area contributed by atoms with Crippen molar-refractivity contribution in [3.05, 3.63) is 134 Å². The summed E-state index contributed by atoms with van der Waals surface area (Å²) < 4.78 is 4.38. The van der Waals surface area contributed by atoms with Crippen LogP contribution in [0.1, 0.15) is 38.5 Å². The van der Waals surface area contributed by atoms with Gasteiger partial charge in [-0.3, -0.25) is 0 Å². The Bertz CT molecular complexity index is 1110. The molecular weight excluding hydrogens is 781 g/mol. The largest absolute Gasteiger partial charge is 0.359 e. The van der Waals surface area contributed by atoms with Crippen molar-refractivity contribution < 1.29 is 20.1 Å². The number of hydrogen-bond donors (Lipinski definition) is 1. The maximum Gasteiger partial charge on any atom is 0.117 e. The Morgan fingerprint density at radius 1 is 0.455 bits per heavy atom. The van der Waals surface area contributed by atoms with Crippen molar-refractivity contribution in [2.75, 3.05) is 11.6 Å². The predicted molar refractivity (Wildman–Crippen MR) is 202 cm³/mol. The molecule has 0 saturated heterocycles. The fraction of sp³-hybridized carbons (Fsp3) is 0.316. The molecule has 1 saturated carbocycles. The van der Waals surface area contributed by atoms with Crippen LogP contribution in [0.5, 0.6) is 0 Å². The van der Waals surface area contributed by atoms with Crippen molar-refractivity contribution in [3.8, 4) is 0 Å². The maximum absolute atomic E-state index is 4.38. The third kappa shape index (κ3) is 12.9. The van der Waals surface area contributed by atoms with E-state index in [1.807, 2.05) is 0 Å². The van der Waals surface area contributed by atoms with Crippen LogP contribution in [0, 0.1) is 12.8 Å². The fourth-order valence-corrected chi connectivity index (χ4v) is 27.3. The van der Waals surface area contributed by atoms with Crippen LogP contribution in [0.25, 0.3) is 0 Å². The molecule has 44 heavy (non-hydrogen) atoms. The first-order chi connectivity index (χ1) is 20.8. The summed E-state index contributed by atoms with van der Waals surface area (Å²) in [6, 6.07) is 44.7. The third-order valence-electron chi connectivity index (χ3n) is 7.71. The molecule has 1 aliphatic carbocycles. The molecule has 5 rings (SSSR count). The molecule has 4 aromatic rings. The Labute approximate surface area is 287 Å². The van der Waals surface area contributed by atoms with Crippen molar-refractivity contribution in [3.63, 3.8) is 0 Å². The molecule has 0 atom stereocenters. The van der Waals surface area contributed by atoms with E-state index in [1.54, 1.807) is 0 Å². The van der Waals surface area contributed by atoms with Crippen LogP contribution < -0.4 is 25.9 Å². The summed E-state index contributed by atoms with van der Waals surface area (Å²) in [4.78, 5) is 0. The van der Waals surface area contributed by atoms with Gasteiger partial charge in [-0.2, -0.15) is 0 Å². The number of nitrogens with one attached hydrogen (secondary N) is 1. The van der Waals surface area contributed by atoms with E-state index in [4.69, 9.17) is 0 Å². The van der Waals surface area contributed by atoms with E-state index in [-0.39, 0.29) is 35.9 Å². The van der Waals surface area contributed by atoms with Crippen LogP contribution in [-0.2, 0) is 20.1 Å². The van der Waals surface area contributed by atoms with Gasteiger partial charge < -0.3 is 4.65 Å². The van der Waals surface area contributed by atoms with Crippen LogP contribution in [-0.4, -0.2) is 28.0 Å². The standard InChI is InChI=1S/C30H37NP2Si2.C8H14.Ir/c1-34(2,25-32(27-17-9-5-10-18-27)28-19-11-6-12-20-28)31-35(3,4)26-33(29-21-13-7-14-22-29)30-23-15-8-16-24-30;1-2-4-6-8-7-5-3-1;/h5-24,31H,25-26H2,1-4H3;1-2H,3-8H2;.